The molecule has 0 spiro atoms. The molecule has 3 rings (SSSR count). The summed E-state index contributed by atoms with van der Waals surface area (Å²) in [6, 6.07) is 9.97. The lowest BCUT2D eigenvalue weighted by Crippen LogP contribution is -2.04. The highest BCUT2D eigenvalue weighted by atomic mass is 32.1. The van der Waals surface area contributed by atoms with Gasteiger partial charge in [0.25, 0.3) is 0 Å². The summed E-state index contributed by atoms with van der Waals surface area (Å²) in [6.07, 6.45) is 0. The normalized spacial score (nSPS) is 11.3. The van der Waals surface area contributed by atoms with Crippen molar-refractivity contribution in [1.82, 2.24) is 0 Å². The van der Waals surface area contributed by atoms with Crippen molar-refractivity contribution < 1.29 is 0 Å². The molecule has 0 fully saturated rings. The van der Waals surface area contributed by atoms with Gasteiger partial charge in [-0.3, -0.25) is 4.79 Å². The van der Waals surface area contributed by atoms with E-state index in [4.69, 9.17) is 0 Å². The molecule has 0 atom stereocenters. The van der Waals surface area contributed by atoms with Crippen molar-refractivity contribution in [1.29, 1.82) is 0 Å². The highest BCUT2D eigenvalue weighted by Gasteiger charge is 2.11. The average Bonchev–Trinajstić information content (AvgIpc) is 2.36. The lowest BCUT2D eigenvalue weighted by atomic mass is 10.0. The molecule has 90 valence electrons. The fourth-order valence-electron chi connectivity index (χ4n) is 2.45. The number of rotatable bonds is 0. The zero-order chi connectivity index (χ0) is 12.9. The van der Waals surface area contributed by atoms with Crippen LogP contribution in [-0.4, -0.2) is 0 Å². The Morgan fingerprint density at radius 3 is 2.50 bits per heavy atom. The Bertz CT molecular complexity index is 828. The summed E-state index contributed by atoms with van der Waals surface area (Å²) < 4.78 is 2.21. The molecule has 0 bridgehead atoms. The number of hydrogen-bond acceptors (Lipinski definition) is 2. The van der Waals surface area contributed by atoms with Gasteiger partial charge in [0.05, 0.1) is 0 Å². The summed E-state index contributed by atoms with van der Waals surface area (Å²) in [5.74, 6) is 0. The van der Waals surface area contributed by atoms with Gasteiger partial charge in [0.1, 0.15) is 0 Å². The highest BCUT2D eigenvalue weighted by Crippen LogP contribution is 2.30. The van der Waals surface area contributed by atoms with Crippen molar-refractivity contribution in [3.63, 3.8) is 0 Å². The number of fused-ring (bicyclic) bond motifs is 2. The summed E-state index contributed by atoms with van der Waals surface area (Å²) in [5.41, 5.74) is 3.73. The van der Waals surface area contributed by atoms with E-state index in [1.54, 1.807) is 11.3 Å². The van der Waals surface area contributed by atoms with Gasteiger partial charge >= 0.3 is 0 Å². The van der Waals surface area contributed by atoms with E-state index >= 15 is 0 Å². The number of hydrogen-bond donors (Lipinski definition) is 0. The Morgan fingerprint density at radius 2 is 1.72 bits per heavy atom. The van der Waals surface area contributed by atoms with Gasteiger partial charge in [0.2, 0.25) is 0 Å². The quantitative estimate of drug-likeness (QED) is 0.545. The van der Waals surface area contributed by atoms with E-state index in [0.29, 0.717) is 0 Å². The molecule has 0 aliphatic heterocycles. The maximum atomic E-state index is 12.6. The Kier molecular flexibility index (Phi) is 2.49. The van der Waals surface area contributed by atoms with Crippen LogP contribution in [0.1, 0.15) is 16.7 Å². The second-order valence-corrected chi connectivity index (χ2v) is 5.82. The molecule has 2 aromatic carbocycles. The summed E-state index contributed by atoms with van der Waals surface area (Å²) in [4.78, 5) is 12.6. The molecular weight excluding hydrogens is 240 g/mol. The van der Waals surface area contributed by atoms with Crippen molar-refractivity contribution in [2.24, 2.45) is 0 Å². The third kappa shape index (κ3) is 1.49. The SMILES string of the molecule is Cc1cc(C)c2c(=O)c3ccccc3sc2c1C. The first-order valence-electron chi connectivity index (χ1n) is 6.02. The maximum absolute atomic E-state index is 12.6. The molecule has 0 aliphatic rings. The zero-order valence-electron chi connectivity index (χ0n) is 10.7. The molecule has 0 saturated carbocycles. The van der Waals surface area contributed by atoms with Gasteiger partial charge in [-0.1, -0.05) is 18.2 Å². The monoisotopic (exact) mass is 254 g/mol. The first kappa shape index (κ1) is 11.4. The van der Waals surface area contributed by atoms with Crippen molar-refractivity contribution in [3.05, 3.63) is 57.2 Å². The number of aryl methyl sites for hydroxylation is 3. The van der Waals surface area contributed by atoms with Gasteiger partial charge in [-0.05, 0) is 49.6 Å². The second kappa shape index (κ2) is 3.92. The molecule has 0 N–H and O–H groups in total. The standard InChI is InChI=1S/C16H14OS/c1-9-8-10(2)14-15(17)12-6-4-5-7-13(12)18-16(14)11(9)3/h4-8H,1-3H3. The van der Waals surface area contributed by atoms with Crippen LogP contribution < -0.4 is 5.43 Å². The first-order valence-corrected chi connectivity index (χ1v) is 6.83. The van der Waals surface area contributed by atoms with Crippen LogP contribution in [0.15, 0.2) is 35.1 Å². The van der Waals surface area contributed by atoms with Gasteiger partial charge in [0, 0.05) is 20.2 Å². The lowest BCUT2D eigenvalue weighted by Gasteiger charge is -2.09. The average molecular weight is 254 g/mol. The molecule has 2 heteroatoms. The van der Waals surface area contributed by atoms with Crippen molar-refractivity contribution in [3.8, 4) is 0 Å². The van der Waals surface area contributed by atoms with E-state index in [1.165, 1.54) is 11.1 Å². The minimum atomic E-state index is 0.167. The van der Waals surface area contributed by atoms with E-state index < -0.39 is 0 Å². The molecule has 0 aliphatic carbocycles. The summed E-state index contributed by atoms with van der Waals surface area (Å²) in [7, 11) is 0. The second-order valence-electron chi connectivity index (χ2n) is 4.77. The third-order valence-corrected chi connectivity index (χ3v) is 4.85. The van der Waals surface area contributed by atoms with Gasteiger partial charge in [0.15, 0.2) is 5.43 Å². The van der Waals surface area contributed by atoms with Gasteiger partial charge in [-0.25, -0.2) is 0 Å². The van der Waals surface area contributed by atoms with E-state index in [-0.39, 0.29) is 5.43 Å². The highest BCUT2D eigenvalue weighted by molar-refractivity contribution is 7.24. The van der Waals surface area contributed by atoms with E-state index in [2.05, 4.69) is 19.9 Å². The van der Waals surface area contributed by atoms with Crippen LogP contribution in [0.4, 0.5) is 0 Å². The van der Waals surface area contributed by atoms with Crippen LogP contribution in [-0.2, 0) is 0 Å². The van der Waals surface area contributed by atoms with Gasteiger partial charge in [-0.2, -0.15) is 0 Å². The van der Waals surface area contributed by atoms with Crippen LogP contribution in [0.25, 0.3) is 20.2 Å². The molecule has 0 unspecified atom stereocenters. The molecule has 1 aromatic heterocycles. The van der Waals surface area contributed by atoms with Gasteiger partial charge in [-0.15, -0.1) is 11.3 Å². The summed E-state index contributed by atoms with van der Waals surface area (Å²) in [6.45, 7) is 6.23. The molecule has 1 nitrogen and oxygen atoms in total. The Labute approximate surface area is 110 Å². The van der Waals surface area contributed by atoms with Crippen LogP contribution >= 0.6 is 11.3 Å². The minimum Gasteiger partial charge on any atom is -0.288 e. The molecule has 18 heavy (non-hydrogen) atoms. The first-order chi connectivity index (χ1) is 8.59. The summed E-state index contributed by atoms with van der Waals surface area (Å²) >= 11 is 1.72. The Morgan fingerprint density at radius 1 is 1.00 bits per heavy atom. The van der Waals surface area contributed by atoms with Gasteiger partial charge < -0.3 is 0 Å². The predicted molar refractivity (Wildman–Crippen MR) is 79.8 cm³/mol. The lowest BCUT2D eigenvalue weighted by molar-refractivity contribution is 1.35. The molecule has 1 heterocycles. The maximum Gasteiger partial charge on any atom is 0.196 e. The molecule has 0 radical (unpaired) electrons. The van der Waals surface area contributed by atoms with Crippen LogP contribution in [0.5, 0.6) is 0 Å². The predicted octanol–water partition coefficient (Wildman–Crippen LogP) is 4.34. The largest absolute Gasteiger partial charge is 0.288 e. The fraction of sp³-hybridized carbons (Fsp3) is 0.188. The summed E-state index contributed by atoms with van der Waals surface area (Å²) in [5, 5.41) is 1.73. The van der Waals surface area contributed by atoms with E-state index in [0.717, 1.165) is 25.7 Å². The van der Waals surface area contributed by atoms with Crippen molar-refractivity contribution in [2.75, 3.05) is 0 Å². The fourth-order valence-corrected chi connectivity index (χ4v) is 3.76. The van der Waals surface area contributed by atoms with E-state index in [9.17, 15) is 4.79 Å². The topological polar surface area (TPSA) is 17.1 Å². The van der Waals surface area contributed by atoms with Crippen LogP contribution in [0.3, 0.4) is 0 Å². The Balaban J connectivity index is 2.69. The molecular formula is C16H14OS. The van der Waals surface area contributed by atoms with Crippen molar-refractivity contribution >= 4 is 31.5 Å². The zero-order valence-corrected chi connectivity index (χ0v) is 11.5. The van der Waals surface area contributed by atoms with Crippen LogP contribution in [0.2, 0.25) is 0 Å². The molecule has 0 amide bonds. The molecule has 3 aromatic rings. The van der Waals surface area contributed by atoms with E-state index in [1.807, 2.05) is 31.2 Å². The van der Waals surface area contributed by atoms with Crippen LogP contribution in [0, 0.1) is 20.8 Å². The smallest absolute Gasteiger partial charge is 0.196 e. The van der Waals surface area contributed by atoms with Crippen molar-refractivity contribution in [2.45, 2.75) is 20.8 Å². The molecule has 0 saturated heterocycles. The Hall–Kier alpha value is -1.67. The third-order valence-electron chi connectivity index (χ3n) is 3.56. The number of benzene rings is 2. The minimum absolute atomic E-state index is 0.167.